The molecule has 3 rings (SSSR count). The van der Waals surface area contributed by atoms with Crippen molar-refractivity contribution in [2.24, 2.45) is 0 Å². The number of hydrogen-bond acceptors (Lipinski definition) is 3. The van der Waals surface area contributed by atoms with Crippen LogP contribution >= 0.6 is 0 Å². The molecule has 0 amide bonds. The molecule has 0 aromatic heterocycles. The SMILES string of the molecule is CC1=C(c2ccccc2)N(N(C)c2ccccc2)CCC1=O. The molecule has 112 valence electrons. The van der Waals surface area contributed by atoms with E-state index in [0.29, 0.717) is 13.0 Å². The maximum Gasteiger partial charge on any atom is 0.162 e. The fourth-order valence-electron chi connectivity index (χ4n) is 2.88. The zero-order valence-electron chi connectivity index (χ0n) is 13.0. The summed E-state index contributed by atoms with van der Waals surface area (Å²) in [6, 6.07) is 20.4. The molecule has 0 radical (unpaired) electrons. The minimum absolute atomic E-state index is 0.233. The summed E-state index contributed by atoms with van der Waals surface area (Å²) in [4.78, 5) is 12.2. The van der Waals surface area contributed by atoms with Crippen LogP contribution in [0.1, 0.15) is 18.9 Å². The molecule has 3 nitrogen and oxygen atoms in total. The van der Waals surface area contributed by atoms with Gasteiger partial charge >= 0.3 is 0 Å². The molecule has 2 aromatic rings. The first-order valence-corrected chi connectivity index (χ1v) is 7.54. The number of hydrazine groups is 1. The van der Waals surface area contributed by atoms with Gasteiger partial charge in [0.1, 0.15) is 0 Å². The Labute approximate surface area is 131 Å². The van der Waals surface area contributed by atoms with Gasteiger partial charge in [-0.05, 0) is 19.1 Å². The summed E-state index contributed by atoms with van der Waals surface area (Å²) in [5, 5.41) is 4.32. The Hall–Kier alpha value is -2.55. The van der Waals surface area contributed by atoms with Crippen LogP contribution < -0.4 is 5.01 Å². The van der Waals surface area contributed by atoms with Crippen molar-refractivity contribution < 1.29 is 4.79 Å². The Bertz CT molecular complexity index is 692. The number of para-hydroxylation sites is 1. The third-order valence-electron chi connectivity index (χ3n) is 4.12. The second-order valence-corrected chi connectivity index (χ2v) is 5.50. The lowest BCUT2D eigenvalue weighted by atomic mass is 9.98. The van der Waals surface area contributed by atoms with Gasteiger partial charge in [0, 0.05) is 31.1 Å². The molecule has 0 atom stereocenters. The van der Waals surface area contributed by atoms with Crippen molar-refractivity contribution in [3.63, 3.8) is 0 Å². The number of anilines is 1. The summed E-state index contributed by atoms with van der Waals surface area (Å²) in [6.45, 7) is 2.63. The highest BCUT2D eigenvalue weighted by molar-refractivity contribution is 6.03. The molecule has 0 saturated heterocycles. The third kappa shape index (κ3) is 2.62. The maximum atomic E-state index is 12.2. The van der Waals surface area contributed by atoms with Crippen LogP contribution in [0, 0.1) is 0 Å². The molecule has 0 fully saturated rings. The van der Waals surface area contributed by atoms with E-state index in [4.69, 9.17) is 0 Å². The van der Waals surface area contributed by atoms with Crippen molar-refractivity contribution >= 4 is 17.2 Å². The van der Waals surface area contributed by atoms with E-state index in [0.717, 1.165) is 22.5 Å². The van der Waals surface area contributed by atoms with Gasteiger partial charge in [0.25, 0.3) is 0 Å². The van der Waals surface area contributed by atoms with Crippen molar-refractivity contribution in [3.05, 3.63) is 71.8 Å². The molecule has 0 saturated carbocycles. The average molecular weight is 292 g/mol. The number of allylic oxidation sites excluding steroid dienone is 1. The number of carbonyl (C=O) groups excluding carboxylic acids is 1. The van der Waals surface area contributed by atoms with Crippen LogP contribution in [0.4, 0.5) is 5.69 Å². The largest absolute Gasteiger partial charge is 0.294 e. The Morgan fingerprint density at radius 1 is 0.955 bits per heavy atom. The zero-order chi connectivity index (χ0) is 15.5. The topological polar surface area (TPSA) is 23.6 Å². The predicted molar refractivity (Wildman–Crippen MR) is 90.2 cm³/mol. The number of Topliss-reactive ketones (excluding diaryl/α,β-unsaturated/α-hetero) is 1. The molecule has 22 heavy (non-hydrogen) atoms. The maximum absolute atomic E-state index is 12.2. The summed E-state index contributed by atoms with van der Waals surface area (Å²) in [5.41, 5.74) is 4.03. The minimum atomic E-state index is 0.233. The van der Waals surface area contributed by atoms with Gasteiger partial charge in [-0.1, -0.05) is 48.5 Å². The number of nitrogens with zero attached hydrogens (tertiary/aromatic N) is 2. The molecular formula is C19H20N2O. The highest BCUT2D eigenvalue weighted by Gasteiger charge is 2.27. The molecule has 2 aromatic carbocycles. The Balaban J connectivity index is 2.05. The summed E-state index contributed by atoms with van der Waals surface area (Å²) in [5.74, 6) is 0.233. The van der Waals surface area contributed by atoms with E-state index >= 15 is 0 Å². The monoisotopic (exact) mass is 292 g/mol. The lowest BCUT2D eigenvalue weighted by Crippen LogP contribution is -2.43. The van der Waals surface area contributed by atoms with Crippen molar-refractivity contribution in [3.8, 4) is 0 Å². The average Bonchev–Trinajstić information content (AvgIpc) is 2.58. The molecule has 0 aliphatic carbocycles. The fraction of sp³-hybridized carbons (Fsp3) is 0.211. The van der Waals surface area contributed by atoms with Gasteiger partial charge in [-0.3, -0.25) is 14.8 Å². The van der Waals surface area contributed by atoms with Crippen LogP contribution in [0.15, 0.2) is 66.2 Å². The van der Waals surface area contributed by atoms with E-state index in [-0.39, 0.29) is 5.78 Å². The molecule has 0 unspecified atom stereocenters. The normalized spacial score (nSPS) is 15.2. The number of rotatable bonds is 3. The first-order chi connectivity index (χ1) is 10.7. The molecule has 1 aliphatic rings. The minimum Gasteiger partial charge on any atom is -0.294 e. The molecule has 1 heterocycles. The molecule has 0 spiro atoms. The van der Waals surface area contributed by atoms with Gasteiger partial charge < -0.3 is 0 Å². The van der Waals surface area contributed by atoms with Gasteiger partial charge in [0.05, 0.1) is 11.4 Å². The van der Waals surface area contributed by atoms with E-state index in [1.165, 1.54) is 0 Å². The molecule has 1 aliphatic heterocycles. The van der Waals surface area contributed by atoms with Crippen molar-refractivity contribution in [2.45, 2.75) is 13.3 Å². The smallest absolute Gasteiger partial charge is 0.162 e. The number of ketones is 1. The summed E-state index contributed by atoms with van der Waals surface area (Å²) in [6.07, 6.45) is 0.555. The second-order valence-electron chi connectivity index (χ2n) is 5.50. The van der Waals surface area contributed by atoms with Gasteiger partial charge in [-0.25, -0.2) is 0 Å². The number of carbonyl (C=O) groups is 1. The van der Waals surface area contributed by atoms with Crippen LogP contribution in [0.25, 0.3) is 5.70 Å². The van der Waals surface area contributed by atoms with Crippen LogP contribution in [0.3, 0.4) is 0 Å². The highest BCUT2D eigenvalue weighted by Crippen LogP contribution is 2.31. The molecular weight excluding hydrogens is 272 g/mol. The van der Waals surface area contributed by atoms with Crippen LogP contribution in [-0.2, 0) is 4.79 Å². The fourth-order valence-corrected chi connectivity index (χ4v) is 2.88. The van der Waals surface area contributed by atoms with E-state index < -0.39 is 0 Å². The van der Waals surface area contributed by atoms with Gasteiger partial charge in [-0.15, -0.1) is 0 Å². The Morgan fingerprint density at radius 3 is 2.18 bits per heavy atom. The van der Waals surface area contributed by atoms with Gasteiger partial charge in [-0.2, -0.15) is 0 Å². The summed E-state index contributed by atoms with van der Waals surface area (Å²) >= 11 is 0. The highest BCUT2D eigenvalue weighted by atomic mass is 16.1. The summed E-state index contributed by atoms with van der Waals surface area (Å²) < 4.78 is 0. The molecule has 0 bridgehead atoms. The van der Waals surface area contributed by atoms with Gasteiger partial charge in [0.2, 0.25) is 0 Å². The number of benzene rings is 2. The van der Waals surface area contributed by atoms with Crippen LogP contribution in [0.2, 0.25) is 0 Å². The molecule has 0 N–H and O–H groups in total. The van der Waals surface area contributed by atoms with Crippen molar-refractivity contribution in [1.29, 1.82) is 0 Å². The van der Waals surface area contributed by atoms with Gasteiger partial charge in [0.15, 0.2) is 5.78 Å². The Kier molecular flexibility index (Phi) is 3.96. The lowest BCUT2D eigenvalue weighted by molar-refractivity contribution is -0.116. The standard InChI is InChI=1S/C19H20N2O/c1-15-18(22)13-14-21(19(15)16-9-5-3-6-10-16)20(2)17-11-7-4-8-12-17/h3-12H,13-14H2,1-2H3. The lowest BCUT2D eigenvalue weighted by Gasteiger charge is -2.40. The predicted octanol–water partition coefficient (Wildman–Crippen LogP) is 3.74. The summed E-state index contributed by atoms with van der Waals surface area (Å²) in [7, 11) is 2.04. The first kappa shape index (κ1) is 14.4. The van der Waals surface area contributed by atoms with Crippen molar-refractivity contribution in [1.82, 2.24) is 5.01 Å². The Morgan fingerprint density at radius 2 is 1.55 bits per heavy atom. The van der Waals surface area contributed by atoms with Crippen molar-refractivity contribution in [2.75, 3.05) is 18.6 Å². The quantitative estimate of drug-likeness (QED) is 0.861. The third-order valence-corrected chi connectivity index (χ3v) is 4.12. The van der Waals surface area contributed by atoms with E-state index in [1.807, 2.05) is 50.4 Å². The van der Waals surface area contributed by atoms with E-state index in [2.05, 4.69) is 34.3 Å². The second kappa shape index (κ2) is 6.06. The van der Waals surface area contributed by atoms with E-state index in [1.54, 1.807) is 0 Å². The van der Waals surface area contributed by atoms with E-state index in [9.17, 15) is 4.79 Å². The molecule has 3 heteroatoms. The zero-order valence-corrected chi connectivity index (χ0v) is 13.0. The van der Waals surface area contributed by atoms with Crippen LogP contribution in [0.5, 0.6) is 0 Å². The first-order valence-electron chi connectivity index (χ1n) is 7.54. The number of hydrogen-bond donors (Lipinski definition) is 0. The van der Waals surface area contributed by atoms with Crippen LogP contribution in [-0.4, -0.2) is 24.4 Å².